The van der Waals surface area contributed by atoms with Crippen LogP contribution in [0.2, 0.25) is 0 Å². The van der Waals surface area contributed by atoms with E-state index >= 15 is 0 Å². The number of nitrogens with zero attached hydrogens (tertiary/aromatic N) is 1. The largest absolute Gasteiger partial charge is 0.506 e. The molecule has 1 atom stereocenters. The predicted octanol–water partition coefficient (Wildman–Crippen LogP) is 5.09. The average molecular weight is 508 g/mol. The molecule has 0 spiro atoms. The summed E-state index contributed by atoms with van der Waals surface area (Å²) in [6.45, 7) is 5.58. The van der Waals surface area contributed by atoms with Gasteiger partial charge in [0.05, 0.1) is 19.3 Å². The zero-order valence-corrected chi connectivity index (χ0v) is 19.8. The summed E-state index contributed by atoms with van der Waals surface area (Å²) >= 11 is 3.38. The van der Waals surface area contributed by atoms with Gasteiger partial charge in [0.15, 0.2) is 0 Å². The van der Waals surface area contributed by atoms with Gasteiger partial charge in [0, 0.05) is 16.3 Å². The first-order chi connectivity index (χ1) is 15.3. The van der Waals surface area contributed by atoms with Gasteiger partial charge >= 0.3 is 5.97 Å². The first kappa shape index (κ1) is 25.5. The summed E-state index contributed by atoms with van der Waals surface area (Å²) in [4.78, 5) is 16.7. The van der Waals surface area contributed by atoms with Gasteiger partial charge in [-0.25, -0.2) is 9.18 Å². The number of aliphatic hydroxyl groups is 2. The lowest BCUT2D eigenvalue weighted by Crippen LogP contribution is -2.19. The number of aliphatic imine (C=N–C) groups is 1. The Labute approximate surface area is 195 Å². The molecule has 0 aliphatic heterocycles. The van der Waals surface area contributed by atoms with Crippen LogP contribution in [0, 0.1) is 11.7 Å². The summed E-state index contributed by atoms with van der Waals surface area (Å²) in [5.74, 6) is -0.930. The van der Waals surface area contributed by atoms with E-state index in [0.29, 0.717) is 15.8 Å². The smallest absolute Gasteiger partial charge is 0.343 e. The van der Waals surface area contributed by atoms with Crippen molar-refractivity contribution in [3.05, 3.63) is 69.5 Å². The molecule has 0 amide bonds. The molecule has 0 radical (unpaired) electrons. The molecule has 8 heteroatoms. The summed E-state index contributed by atoms with van der Waals surface area (Å²) in [5, 5.41) is 20.4. The minimum atomic E-state index is -0.737. The summed E-state index contributed by atoms with van der Waals surface area (Å²) < 4.78 is 24.4. The molecule has 0 aromatic heterocycles. The van der Waals surface area contributed by atoms with Gasteiger partial charge in [0.1, 0.15) is 29.5 Å². The topological polar surface area (TPSA) is 88.4 Å². The second-order valence-electron chi connectivity index (χ2n) is 7.31. The SMILES string of the molecule is CCOC(=O)/C(C=N[C@H](CO)C(C)C)=C(\O)c1cc(OCc2ccc(F)cc2)ccc1Br. The molecular weight excluding hydrogens is 481 g/mol. The van der Waals surface area contributed by atoms with Crippen molar-refractivity contribution in [1.29, 1.82) is 0 Å². The van der Waals surface area contributed by atoms with Crippen molar-refractivity contribution in [2.24, 2.45) is 10.9 Å². The van der Waals surface area contributed by atoms with E-state index in [1.54, 1.807) is 37.3 Å². The Morgan fingerprint density at radius 2 is 1.91 bits per heavy atom. The molecule has 2 rings (SSSR count). The summed E-state index contributed by atoms with van der Waals surface area (Å²) in [6, 6.07) is 10.5. The van der Waals surface area contributed by atoms with E-state index in [2.05, 4.69) is 20.9 Å². The number of halogens is 2. The Kier molecular flexibility index (Phi) is 9.87. The maximum atomic E-state index is 13.1. The molecule has 0 aliphatic rings. The lowest BCUT2D eigenvalue weighted by atomic mass is 10.1. The van der Waals surface area contributed by atoms with Gasteiger partial charge in [0.2, 0.25) is 0 Å². The number of ether oxygens (including phenoxy) is 2. The summed E-state index contributed by atoms with van der Waals surface area (Å²) in [5.41, 5.74) is 0.947. The molecule has 2 aromatic carbocycles. The zero-order chi connectivity index (χ0) is 23.7. The normalized spacial score (nSPS) is 13.2. The van der Waals surface area contributed by atoms with Crippen LogP contribution in [0.3, 0.4) is 0 Å². The quantitative estimate of drug-likeness (QED) is 0.202. The van der Waals surface area contributed by atoms with Crippen molar-refractivity contribution in [3.63, 3.8) is 0 Å². The van der Waals surface area contributed by atoms with Crippen LogP contribution >= 0.6 is 15.9 Å². The van der Waals surface area contributed by atoms with Crippen molar-refractivity contribution in [1.82, 2.24) is 0 Å². The Hall–Kier alpha value is -2.71. The highest BCUT2D eigenvalue weighted by atomic mass is 79.9. The van der Waals surface area contributed by atoms with Crippen molar-refractivity contribution in [2.45, 2.75) is 33.4 Å². The zero-order valence-electron chi connectivity index (χ0n) is 18.2. The van der Waals surface area contributed by atoms with Crippen LogP contribution < -0.4 is 4.74 Å². The Balaban J connectivity index is 2.37. The number of esters is 1. The van der Waals surface area contributed by atoms with E-state index in [1.807, 2.05) is 13.8 Å². The first-order valence-electron chi connectivity index (χ1n) is 10.2. The van der Waals surface area contributed by atoms with Crippen LogP contribution in [0.5, 0.6) is 5.75 Å². The third-order valence-corrected chi connectivity index (χ3v) is 5.31. The van der Waals surface area contributed by atoms with Gasteiger partial charge < -0.3 is 19.7 Å². The molecule has 0 saturated heterocycles. The fourth-order valence-electron chi connectivity index (χ4n) is 2.69. The molecular formula is C24H27BrFNO5. The Bertz CT molecular complexity index is 973. The van der Waals surface area contributed by atoms with Crippen molar-refractivity contribution >= 4 is 33.9 Å². The maximum Gasteiger partial charge on any atom is 0.343 e. The molecule has 32 heavy (non-hydrogen) atoms. The van der Waals surface area contributed by atoms with Gasteiger partial charge in [-0.15, -0.1) is 0 Å². The third kappa shape index (κ3) is 7.17. The molecule has 0 unspecified atom stereocenters. The lowest BCUT2D eigenvalue weighted by Gasteiger charge is -2.14. The van der Waals surface area contributed by atoms with E-state index in [-0.39, 0.29) is 42.9 Å². The lowest BCUT2D eigenvalue weighted by molar-refractivity contribution is -0.137. The molecule has 6 nitrogen and oxygen atoms in total. The second kappa shape index (κ2) is 12.4. The van der Waals surface area contributed by atoms with Gasteiger partial charge in [-0.1, -0.05) is 41.9 Å². The molecule has 2 aromatic rings. The minimum Gasteiger partial charge on any atom is -0.506 e. The van der Waals surface area contributed by atoms with Gasteiger partial charge in [-0.05, 0) is 48.7 Å². The second-order valence-corrected chi connectivity index (χ2v) is 8.17. The molecule has 2 N–H and O–H groups in total. The first-order valence-corrected chi connectivity index (χ1v) is 11.0. The van der Waals surface area contributed by atoms with E-state index in [0.717, 1.165) is 5.56 Å². The average Bonchev–Trinajstić information content (AvgIpc) is 2.76. The number of hydrogen-bond acceptors (Lipinski definition) is 6. The fourth-order valence-corrected chi connectivity index (χ4v) is 3.12. The number of carbonyl (C=O) groups excluding carboxylic acids is 1. The van der Waals surface area contributed by atoms with Crippen LogP contribution in [0.15, 0.2) is 57.5 Å². The van der Waals surface area contributed by atoms with Crippen molar-refractivity contribution < 1.29 is 28.9 Å². The van der Waals surface area contributed by atoms with Crippen LogP contribution in [-0.4, -0.2) is 41.7 Å². The van der Waals surface area contributed by atoms with Crippen molar-refractivity contribution in [2.75, 3.05) is 13.2 Å². The number of rotatable bonds is 10. The third-order valence-electron chi connectivity index (χ3n) is 4.61. The Morgan fingerprint density at radius 1 is 1.22 bits per heavy atom. The fraction of sp³-hybridized carbons (Fsp3) is 0.333. The molecule has 0 heterocycles. The monoisotopic (exact) mass is 507 g/mol. The standard InChI is InChI=1S/C24H27BrFNO5/c1-4-31-24(30)20(12-27-22(13-28)15(2)3)23(29)19-11-18(9-10-21(19)25)32-14-16-5-7-17(26)8-6-16/h5-12,15,22,28-29H,4,13-14H2,1-3H3/b23-20-,27-12?/t22-/m1/s1. The number of benzene rings is 2. The highest BCUT2D eigenvalue weighted by Crippen LogP contribution is 2.29. The number of carbonyl (C=O) groups is 1. The molecule has 0 saturated carbocycles. The van der Waals surface area contributed by atoms with E-state index < -0.39 is 12.0 Å². The molecule has 0 bridgehead atoms. The number of aliphatic hydroxyl groups excluding tert-OH is 2. The van der Waals surface area contributed by atoms with Crippen molar-refractivity contribution in [3.8, 4) is 5.75 Å². The van der Waals surface area contributed by atoms with E-state index in [4.69, 9.17) is 9.47 Å². The molecule has 172 valence electrons. The molecule has 0 fully saturated rings. The highest BCUT2D eigenvalue weighted by molar-refractivity contribution is 9.10. The molecule has 0 aliphatic carbocycles. The van der Waals surface area contributed by atoms with Gasteiger partial charge in [0.25, 0.3) is 0 Å². The van der Waals surface area contributed by atoms with Crippen LogP contribution in [-0.2, 0) is 16.1 Å². The minimum absolute atomic E-state index is 0.0387. The van der Waals surface area contributed by atoms with Crippen LogP contribution in [0.25, 0.3) is 5.76 Å². The highest BCUT2D eigenvalue weighted by Gasteiger charge is 2.20. The van der Waals surface area contributed by atoms with E-state index in [1.165, 1.54) is 18.3 Å². The summed E-state index contributed by atoms with van der Waals surface area (Å²) in [6.07, 6.45) is 1.23. The number of hydrogen-bond donors (Lipinski definition) is 2. The maximum absolute atomic E-state index is 13.1. The van der Waals surface area contributed by atoms with E-state index in [9.17, 15) is 19.4 Å². The van der Waals surface area contributed by atoms with Gasteiger partial charge in [-0.3, -0.25) is 4.99 Å². The predicted molar refractivity (Wildman–Crippen MR) is 125 cm³/mol. The summed E-state index contributed by atoms with van der Waals surface area (Å²) in [7, 11) is 0. The Morgan fingerprint density at radius 3 is 2.50 bits per heavy atom. The van der Waals surface area contributed by atoms with Gasteiger partial charge in [-0.2, -0.15) is 0 Å². The van der Waals surface area contributed by atoms with Crippen LogP contribution in [0.4, 0.5) is 4.39 Å². The van der Waals surface area contributed by atoms with Crippen LogP contribution in [0.1, 0.15) is 31.9 Å².